The molecule has 4 heteroatoms. The van der Waals surface area contributed by atoms with Gasteiger partial charge < -0.3 is 4.90 Å². The van der Waals surface area contributed by atoms with Gasteiger partial charge in [0, 0.05) is 38.5 Å². The summed E-state index contributed by atoms with van der Waals surface area (Å²) in [5.74, 6) is 1.27. The van der Waals surface area contributed by atoms with Crippen LogP contribution in [0.25, 0.3) is 0 Å². The second-order valence-corrected chi connectivity index (χ2v) is 5.45. The molecule has 0 aromatic rings. The fourth-order valence-electron chi connectivity index (χ4n) is 1.24. The van der Waals surface area contributed by atoms with E-state index in [0.717, 1.165) is 0 Å². The van der Waals surface area contributed by atoms with Crippen molar-refractivity contribution in [3.05, 3.63) is 0 Å². The lowest BCUT2D eigenvalue weighted by molar-refractivity contribution is 0.161. The maximum atomic E-state index is 2.55. The molecule has 0 aliphatic carbocycles. The fraction of sp³-hybridized carbons (Fsp3) is 1.00. The van der Waals surface area contributed by atoms with Crippen LogP contribution < -0.4 is 0 Å². The molecule has 1 fully saturated rings. The number of rotatable bonds is 3. The first-order valence-corrected chi connectivity index (χ1v) is 7.50. The maximum Gasteiger partial charge on any atom is 0.0161 e. The van der Waals surface area contributed by atoms with Gasteiger partial charge in [-0.2, -0.15) is 0 Å². The largest absolute Gasteiger partial charge is 0.304 e. The third-order valence-electron chi connectivity index (χ3n) is 2.08. The van der Waals surface area contributed by atoms with E-state index in [-0.39, 0.29) is 0 Å². The fourth-order valence-corrected chi connectivity index (χ4v) is 2.15. The van der Waals surface area contributed by atoms with E-state index in [1.807, 2.05) is 8.93 Å². The Labute approximate surface area is 85.3 Å². The van der Waals surface area contributed by atoms with Crippen molar-refractivity contribution < 1.29 is 0 Å². The Morgan fingerprint density at radius 1 is 1.27 bits per heavy atom. The molecule has 0 aromatic heterocycles. The second kappa shape index (κ2) is 5.61. The molecule has 1 heterocycles. The van der Waals surface area contributed by atoms with Gasteiger partial charge in [-0.1, -0.05) is 8.93 Å². The van der Waals surface area contributed by atoms with Crippen LogP contribution in [0.4, 0.5) is 0 Å². The Morgan fingerprint density at radius 3 is 2.45 bits per heavy atom. The van der Waals surface area contributed by atoms with Crippen LogP contribution in [0.15, 0.2) is 0 Å². The van der Waals surface area contributed by atoms with E-state index in [1.165, 1.54) is 38.5 Å². The molecule has 1 aliphatic heterocycles. The molecular weight excluding hydrogens is 271 g/mol. The molecule has 0 aromatic carbocycles. The highest BCUT2D eigenvalue weighted by Gasteiger charge is 2.12. The summed E-state index contributed by atoms with van der Waals surface area (Å²) >= 11 is 2.37. The first-order valence-electron chi connectivity index (χ1n) is 3.97. The van der Waals surface area contributed by atoms with Gasteiger partial charge in [0.1, 0.15) is 0 Å². The summed E-state index contributed by atoms with van der Waals surface area (Å²) in [4.78, 5) is 4.94. The predicted octanol–water partition coefficient (Wildman–Crippen LogP) is 1.32. The van der Waals surface area contributed by atoms with Crippen molar-refractivity contribution in [2.75, 3.05) is 45.5 Å². The highest BCUT2D eigenvalue weighted by Crippen LogP contribution is 2.10. The Balaban J connectivity index is 2.07. The molecule has 66 valence electrons. The summed E-state index contributed by atoms with van der Waals surface area (Å²) in [6.07, 6.45) is 0. The lowest BCUT2D eigenvalue weighted by Gasteiger charge is -2.31. The third-order valence-corrected chi connectivity index (χ3v) is 3.74. The number of hydrogen-bond acceptors (Lipinski definition) is 3. The number of nitrogens with zero attached hydrogens (tertiary/aromatic N) is 2. The van der Waals surface area contributed by atoms with Gasteiger partial charge >= 0.3 is 0 Å². The molecule has 0 amide bonds. The van der Waals surface area contributed by atoms with Crippen LogP contribution in [0.5, 0.6) is 0 Å². The summed E-state index contributed by atoms with van der Waals surface area (Å²) in [6.45, 7) is 6.26. The molecule has 0 bridgehead atoms. The SMILES string of the molecule is CN1CCN(CCSI)CC1. The van der Waals surface area contributed by atoms with Crippen LogP contribution in [0.3, 0.4) is 0 Å². The molecule has 0 radical (unpaired) electrons. The highest BCUT2D eigenvalue weighted by atomic mass is 127. The van der Waals surface area contributed by atoms with Gasteiger partial charge in [-0.05, 0) is 28.3 Å². The molecule has 0 spiro atoms. The van der Waals surface area contributed by atoms with Crippen LogP contribution in [0.2, 0.25) is 0 Å². The van der Waals surface area contributed by atoms with Crippen molar-refractivity contribution in [1.29, 1.82) is 0 Å². The monoisotopic (exact) mass is 286 g/mol. The predicted molar refractivity (Wildman–Crippen MR) is 60.4 cm³/mol. The van der Waals surface area contributed by atoms with E-state index in [0.29, 0.717) is 0 Å². The number of halogens is 1. The van der Waals surface area contributed by atoms with Crippen molar-refractivity contribution in [2.45, 2.75) is 0 Å². The van der Waals surface area contributed by atoms with E-state index >= 15 is 0 Å². The molecule has 1 saturated heterocycles. The third kappa shape index (κ3) is 3.96. The molecule has 2 nitrogen and oxygen atoms in total. The normalized spacial score (nSPS) is 22.4. The first-order chi connectivity index (χ1) is 5.33. The molecule has 1 rings (SSSR count). The molecular formula is C7H15IN2S. The molecule has 11 heavy (non-hydrogen) atoms. The van der Waals surface area contributed by atoms with Crippen LogP contribution in [0.1, 0.15) is 0 Å². The van der Waals surface area contributed by atoms with E-state index in [4.69, 9.17) is 0 Å². The minimum absolute atomic E-state index is 1.24. The molecule has 1 aliphatic rings. The van der Waals surface area contributed by atoms with Crippen LogP contribution in [0, 0.1) is 0 Å². The Bertz CT molecular complexity index is 102. The van der Waals surface area contributed by atoms with Crippen molar-refractivity contribution in [3.8, 4) is 0 Å². The summed E-state index contributed by atoms with van der Waals surface area (Å²) in [5.41, 5.74) is 0. The zero-order chi connectivity index (χ0) is 8.10. The lowest BCUT2D eigenvalue weighted by atomic mass is 10.3. The second-order valence-electron chi connectivity index (χ2n) is 2.96. The summed E-state index contributed by atoms with van der Waals surface area (Å²) in [5, 5.41) is 0. The summed E-state index contributed by atoms with van der Waals surface area (Å²) in [7, 11) is 4.11. The van der Waals surface area contributed by atoms with Gasteiger partial charge in [-0.25, -0.2) is 0 Å². The first kappa shape index (κ1) is 10.1. The minimum Gasteiger partial charge on any atom is -0.304 e. The van der Waals surface area contributed by atoms with Crippen LogP contribution in [-0.2, 0) is 0 Å². The zero-order valence-electron chi connectivity index (χ0n) is 6.92. The molecule has 0 N–H and O–H groups in total. The Hall–Kier alpha value is 1.00. The average Bonchev–Trinajstić information content (AvgIpc) is 2.04. The van der Waals surface area contributed by atoms with Crippen molar-refractivity contribution in [2.24, 2.45) is 0 Å². The van der Waals surface area contributed by atoms with Gasteiger partial charge in [0.15, 0.2) is 0 Å². The molecule has 0 unspecified atom stereocenters. The van der Waals surface area contributed by atoms with Gasteiger partial charge in [0.2, 0.25) is 0 Å². The number of hydrogen-bond donors (Lipinski definition) is 0. The Morgan fingerprint density at radius 2 is 1.91 bits per heavy atom. The quantitative estimate of drug-likeness (QED) is 0.723. The van der Waals surface area contributed by atoms with Crippen molar-refractivity contribution in [3.63, 3.8) is 0 Å². The number of likely N-dealkylation sites (N-methyl/N-ethyl adjacent to an activating group) is 1. The standard InChI is InChI=1S/C7H15IN2S/c1-9-2-4-10(5-3-9)6-7-11-8/h2-7H2,1H3. The molecule has 0 saturated carbocycles. The van der Waals surface area contributed by atoms with Gasteiger partial charge in [-0.3, -0.25) is 4.90 Å². The number of piperazine rings is 1. The zero-order valence-corrected chi connectivity index (χ0v) is 9.90. The van der Waals surface area contributed by atoms with Crippen molar-refractivity contribution in [1.82, 2.24) is 9.80 Å². The Kier molecular flexibility index (Phi) is 5.14. The van der Waals surface area contributed by atoms with Crippen molar-refractivity contribution >= 4 is 30.1 Å². The van der Waals surface area contributed by atoms with E-state index < -0.39 is 0 Å². The maximum absolute atomic E-state index is 2.55. The van der Waals surface area contributed by atoms with Gasteiger partial charge in [0.25, 0.3) is 0 Å². The summed E-state index contributed by atoms with van der Waals surface area (Å²) < 4.78 is 0. The minimum atomic E-state index is 1.24. The highest BCUT2D eigenvalue weighted by molar-refractivity contribution is 14.2. The smallest absolute Gasteiger partial charge is 0.0161 e. The average molecular weight is 286 g/mol. The van der Waals surface area contributed by atoms with E-state index in [2.05, 4.69) is 38.1 Å². The van der Waals surface area contributed by atoms with Crippen LogP contribution >= 0.6 is 30.1 Å². The summed E-state index contributed by atoms with van der Waals surface area (Å²) in [6, 6.07) is 0. The topological polar surface area (TPSA) is 6.48 Å². The lowest BCUT2D eigenvalue weighted by Crippen LogP contribution is -2.45. The van der Waals surface area contributed by atoms with Gasteiger partial charge in [-0.15, -0.1) is 0 Å². The van der Waals surface area contributed by atoms with E-state index in [9.17, 15) is 0 Å². The van der Waals surface area contributed by atoms with Gasteiger partial charge in [0.05, 0.1) is 0 Å². The van der Waals surface area contributed by atoms with E-state index in [1.54, 1.807) is 0 Å². The molecule has 0 atom stereocenters. The van der Waals surface area contributed by atoms with Crippen LogP contribution in [-0.4, -0.2) is 55.3 Å².